The Labute approximate surface area is 112 Å². The second kappa shape index (κ2) is 11.4. The molecule has 0 bridgehead atoms. The maximum atomic E-state index is 9.46. The van der Waals surface area contributed by atoms with Gasteiger partial charge in [-0.2, -0.15) is 0 Å². The minimum atomic E-state index is -1.17. The van der Waals surface area contributed by atoms with E-state index >= 15 is 0 Å². The van der Waals surface area contributed by atoms with Gasteiger partial charge in [0.1, 0.15) is 4.93 Å². The highest BCUT2D eigenvalue weighted by Gasteiger charge is 2.18. The van der Waals surface area contributed by atoms with Crippen LogP contribution in [-0.2, 0) is 0 Å². The van der Waals surface area contributed by atoms with E-state index in [9.17, 15) is 5.11 Å². The number of unbranched alkanes of at least 4 members (excludes halogenated alkanes) is 9. The molecule has 104 valence electrons. The Balaban J connectivity index is 3.09. The largest absolute Gasteiger partial charge is 0.392 e. The molecule has 0 aliphatic rings. The molecule has 0 rings (SSSR count). The lowest BCUT2D eigenvalue weighted by molar-refractivity contribution is 0.0576. The van der Waals surface area contributed by atoms with Gasteiger partial charge in [0.25, 0.3) is 0 Å². The minimum Gasteiger partial charge on any atom is -0.392 e. The number of aliphatic hydroxyl groups excluding tert-OH is 1. The first-order valence-electron chi connectivity index (χ1n) is 7.18. The Morgan fingerprint density at radius 3 is 1.65 bits per heavy atom. The Morgan fingerprint density at radius 2 is 1.24 bits per heavy atom. The van der Waals surface area contributed by atoms with Gasteiger partial charge in [0.05, 0.1) is 6.61 Å². The van der Waals surface area contributed by atoms with Crippen molar-refractivity contribution < 1.29 is 10.2 Å². The molecule has 1 atom stereocenters. The molecule has 0 amide bonds. The van der Waals surface area contributed by atoms with E-state index < -0.39 is 4.93 Å². The predicted molar refractivity (Wildman–Crippen MR) is 77.5 cm³/mol. The van der Waals surface area contributed by atoms with E-state index in [0.29, 0.717) is 6.42 Å². The van der Waals surface area contributed by atoms with Gasteiger partial charge in [-0.1, -0.05) is 64.7 Å². The van der Waals surface area contributed by atoms with Crippen LogP contribution in [0.5, 0.6) is 0 Å². The van der Waals surface area contributed by atoms with Gasteiger partial charge in [0, 0.05) is 0 Å². The lowest BCUT2D eigenvalue weighted by Crippen LogP contribution is -2.25. The summed E-state index contributed by atoms with van der Waals surface area (Å²) < 4.78 is 0. The number of hydrogen-bond donors (Lipinski definition) is 3. The van der Waals surface area contributed by atoms with Crippen LogP contribution >= 0.6 is 12.6 Å². The topological polar surface area (TPSA) is 40.5 Å². The Morgan fingerprint density at radius 1 is 0.824 bits per heavy atom. The monoisotopic (exact) mass is 262 g/mol. The quantitative estimate of drug-likeness (QED) is 0.283. The molecule has 0 saturated heterocycles. The van der Waals surface area contributed by atoms with E-state index in [2.05, 4.69) is 19.6 Å². The fourth-order valence-electron chi connectivity index (χ4n) is 1.97. The van der Waals surface area contributed by atoms with Crippen molar-refractivity contribution in [3.63, 3.8) is 0 Å². The van der Waals surface area contributed by atoms with Crippen LogP contribution in [0.3, 0.4) is 0 Å². The Kier molecular flexibility index (Phi) is 11.5. The Bertz CT molecular complexity index is 160. The summed E-state index contributed by atoms with van der Waals surface area (Å²) in [5.74, 6) is 0. The van der Waals surface area contributed by atoms with Crippen molar-refractivity contribution in [2.45, 2.75) is 82.5 Å². The second-order valence-electron chi connectivity index (χ2n) is 5.07. The highest BCUT2D eigenvalue weighted by molar-refractivity contribution is 7.81. The van der Waals surface area contributed by atoms with E-state index in [-0.39, 0.29) is 6.61 Å². The summed E-state index contributed by atoms with van der Waals surface area (Å²) in [7, 11) is 0. The van der Waals surface area contributed by atoms with E-state index in [4.69, 9.17) is 5.11 Å². The first-order chi connectivity index (χ1) is 8.12. The third-order valence-corrected chi connectivity index (χ3v) is 3.55. The maximum Gasteiger partial charge on any atom is 0.130 e. The zero-order chi connectivity index (χ0) is 13.0. The second-order valence-corrected chi connectivity index (χ2v) is 5.91. The molecule has 0 spiro atoms. The molecule has 0 aromatic heterocycles. The highest BCUT2D eigenvalue weighted by atomic mass is 32.1. The average molecular weight is 262 g/mol. The summed E-state index contributed by atoms with van der Waals surface area (Å²) in [6.45, 7) is 1.99. The van der Waals surface area contributed by atoms with Crippen LogP contribution in [-0.4, -0.2) is 21.8 Å². The van der Waals surface area contributed by atoms with Crippen molar-refractivity contribution in [1.29, 1.82) is 0 Å². The van der Waals surface area contributed by atoms with Gasteiger partial charge in [-0.05, 0) is 12.8 Å². The van der Waals surface area contributed by atoms with Gasteiger partial charge in [-0.25, -0.2) is 0 Å². The molecule has 0 heterocycles. The van der Waals surface area contributed by atoms with Crippen LogP contribution in [0.1, 0.15) is 77.6 Å². The van der Waals surface area contributed by atoms with Crippen LogP contribution in [0.4, 0.5) is 0 Å². The third kappa shape index (κ3) is 12.5. The Hall–Kier alpha value is 0.270. The van der Waals surface area contributed by atoms with E-state index in [1.165, 1.54) is 51.4 Å². The van der Waals surface area contributed by atoms with Gasteiger partial charge < -0.3 is 10.2 Å². The summed E-state index contributed by atoms with van der Waals surface area (Å²) in [5.41, 5.74) is 0. The summed E-state index contributed by atoms with van der Waals surface area (Å²) in [6.07, 6.45) is 13.4. The van der Waals surface area contributed by atoms with Gasteiger partial charge in [-0.3, -0.25) is 0 Å². The van der Waals surface area contributed by atoms with E-state index in [1.54, 1.807) is 0 Å². The number of rotatable bonds is 12. The molecule has 0 fully saturated rings. The number of thiol groups is 1. The van der Waals surface area contributed by atoms with Crippen molar-refractivity contribution in [2.75, 3.05) is 6.61 Å². The van der Waals surface area contributed by atoms with Gasteiger partial charge >= 0.3 is 0 Å². The lowest BCUT2D eigenvalue weighted by Gasteiger charge is -2.18. The van der Waals surface area contributed by atoms with E-state index in [0.717, 1.165) is 12.8 Å². The van der Waals surface area contributed by atoms with E-state index in [1.807, 2.05) is 0 Å². The fourth-order valence-corrected chi connectivity index (χ4v) is 2.13. The van der Waals surface area contributed by atoms with Gasteiger partial charge in [0.2, 0.25) is 0 Å². The lowest BCUT2D eigenvalue weighted by atomic mass is 10.0. The van der Waals surface area contributed by atoms with Crippen molar-refractivity contribution in [3.8, 4) is 0 Å². The maximum absolute atomic E-state index is 9.46. The molecule has 0 saturated carbocycles. The molecule has 2 nitrogen and oxygen atoms in total. The number of aliphatic hydroxyl groups is 2. The van der Waals surface area contributed by atoms with Crippen LogP contribution in [0.25, 0.3) is 0 Å². The van der Waals surface area contributed by atoms with Gasteiger partial charge in [0.15, 0.2) is 0 Å². The fraction of sp³-hybridized carbons (Fsp3) is 1.00. The molecule has 0 aliphatic heterocycles. The van der Waals surface area contributed by atoms with Crippen LogP contribution in [0, 0.1) is 0 Å². The molecule has 17 heavy (non-hydrogen) atoms. The van der Waals surface area contributed by atoms with Gasteiger partial charge in [-0.15, -0.1) is 12.6 Å². The van der Waals surface area contributed by atoms with Crippen LogP contribution in [0.2, 0.25) is 0 Å². The predicted octanol–water partition coefficient (Wildman–Crippen LogP) is 3.91. The number of hydrogen-bond acceptors (Lipinski definition) is 3. The molecular formula is C14H30O2S. The molecule has 3 heteroatoms. The van der Waals surface area contributed by atoms with Crippen molar-refractivity contribution in [3.05, 3.63) is 0 Å². The molecule has 0 radical (unpaired) electrons. The zero-order valence-electron chi connectivity index (χ0n) is 11.3. The summed E-state index contributed by atoms with van der Waals surface area (Å²) >= 11 is 3.98. The zero-order valence-corrected chi connectivity index (χ0v) is 12.2. The summed E-state index contributed by atoms with van der Waals surface area (Å²) in [4.78, 5) is -1.17. The molecule has 2 N–H and O–H groups in total. The molecule has 0 aliphatic carbocycles. The van der Waals surface area contributed by atoms with Crippen molar-refractivity contribution >= 4 is 12.6 Å². The first-order valence-corrected chi connectivity index (χ1v) is 7.62. The minimum absolute atomic E-state index is 0.256. The van der Waals surface area contributed by atoms with Crippen molar-refractivity contribution in [1.82, 2.24) is 0 Å². The molecule has 1 unspecified atom stereocenters. The average Bonchev–Trinajstić information content (AvgIpc) is 2.31. The molecule has 0 aromatic rings. The summed E-state index contributed by atoms with van der Waals surface area (Å²) in [5, 5.41) is 18.3. The van der Waals surface area contributed by atoms with Crippen LogP contribution < -0.4 is 0 Å². The summed E-state index contributed by atoms with van der Waals surface area (Å²) in [6, 6.07) is 0. The standard InChI is InChI=1S/C14H30O2S/c1-2-3-4-5-6-7-8-9-10-11-12-14(16,17)13-15/h15-17H,2-13H2,1H3. The third-order valence-electron chi connectivity index (χ3n) is 3.18. The first kappa shape index (κ1) is 17.3. The molecular weight excluding hydrogens is 232 g/mol. The van der Waals surface area contributed by atoms with Crippen LogP contribution in [0.15, 0.2) is 0 Å². The SMILES string of the molecule is CCCCCCCCCCCCC(O)(S)CO. The highest BCUT2D eigenvalue weighted by Crippen LogP contribution is 2.19. The van der Waals surface area contributed by atoms with Crippen molar-refractivity contribution in [2.24, 2.45) is 0 Å². The smallest absolute Gasteiger partial charge is 0.130 e. The normalized spacial score (nSPS) is 14.8. The molecule has 0 aromatic carbocycles.